The number of methoxy groups -OCH3 is 2. The molecule has 1 aliphatic rings. The van der Waals surface area contributed by atoms with Crippen molar-refractivity contribution in [3.05, 3.63) is 59.2 Å². The molecule has 2 aromatic carbocycles. The van der Waals surface area contributed by atoms with Gasteiger partial charge in [0.05, 0.1) is 25.8 Å². The van der Waals surface area contributed by atoms with Gasteiger partial charge in [-0.2, -0.15) is 0 Å². The first kappa shape index (κ1) is 19.7. The highest BCUT2D eigenvalue weighted by Gasteiger charge is 2.30. The van der Waals surface area contributed by atoms with Crippen molar-refractivity contribution in [2.75, 3.05) is 20.8 Å². The van der Waals surface area contributed by atoms with E-state index in [1.54, 1.807) is 38.5 Å². The van der Waals surface area contributed by atoms with E-state index in [2.05, 4.69) is 0 Å². The lowest BCUT2D eigenvalue weighted by atomic mass is 10.0. The number of carbonyl (C=O) groups excluding carboxylic acids is 1. The Morgan fingerprint density at radius 2 is 1.79 bits per heavy atom. The summed E-state index contributed by atoms with van der Waals surface area (Å²) < 4.78 is 10.7. The predicted molar refractivity (Wildman–Crippen MR) is 105 cm³/mol. The van der Waals surface area contributed by atoms with Crippen molar-refractivity contribution < 1.29 is 24.2 Å². The van der Waals surface area contributed by atoms with Crippen LogP contribution >= 0.6 is 0 Å². The van der Waals surface area contributed by atoms with E-state index in [0.717, 1.165) is 30.5 Å². The monoisotopic (exact) mass is 383 g/mol. The molecule has 1 saturated heterocycles. The van der Waals surface area contributed by atoms with Crippen LogP contribution in [0.1, 0.15) is 46.8 Å². The number of hydrogen-bond donors (Lipinski definition) is 1. The van der Waals surface area contributed by atoms with Crippen molar-refractivity contribution in [3.63, 3.8) is 0 Å². The summed E-state index contributed by atoms with van der Waals surface area (Å²) in [7, 11) is 3.21. The van der Waals surface area contributed by atoms with Gasteiger partial charge in [0.25, 0.3) is 0 Å². The maximum atomic E-state index is 12.8. The first-order valence-corrected chi connectivity index (χ1v) is 9.37. The quantitative estimate of drug-likeness (QED) is 0.789. The number of carboxylic acid groups (broad SMARTS) is 1. The maximum Gasteiger partial charge on any atom is 0.335 e. The van der Waals surface area contributed by atoms with Gasteiger partial charge in [-0.05, 0) is 54.7 Å². The van der Waals surface area contributed by atoms with Crippen LogP contribution in [-0.4, -0.2) is 42.6 Å². The second-order valence-corrected chi connectivity index (χ2v) is 6.86. The molecule has 6 heteroatoms. The van der Waals surface area contributed by atoms with Crippen molar-refractivity contribution in [3.8, 4) is 11.5 Å². The summed E-state index contributed by atoms with van der Waals surface area (Å²) in [5.41, 5.74) is 2.26. The second kappa shape index (κ2) is 8.78. The Morgan fingerprint density at radius 1 is 1.07 bits per heavy atom. The van der Waals surface area contributed by atoms with Crippen molar-refractivity contribution in [2.45, 2.75) is 31.7 Å². The van der Waals surface area contributed by atoms with Crippen molar-refractivity contribution in [1.82, 2.24) is 4.90 Å². The largest absolute Gasteiger partial charge is 0.493 e. The molecule has 0 bridgehead atoms. The molecule has 0 unspecified atom stereocenters. The topological polar surface area (TPSA) is 76.1 Å². The minimum absolute atomic E-state index is 0.0432. The van der Waals surface area contributed by atoms with Crippen LogP contribution in [0.5, 0.6) is 11.5 Å². The van der Waals surface area contributed by atoms with Gasteiger partial charge in [-0.1, -0.05) is 18.2 Å². The van der Waals surface area contributed by atoms with E-state index in [9.17, 15) is 9.59 Å². The molecule has 1 aliphatic heterocycles. The number of benzene rings is 2. The average Bonchev–Trinajstić information content (AvgIpc) is 3.21. The standard InChI is InChI=1S/C22H25NO5/c1-27-19-11-10-17(14-20(19)28-2)18-4-3-13-23(18)21(24)12-7-15-5-8-16(9-6-15)22(25)26/h5-6,8-11,14,18H,3-4,7,12-13H2,1-2H3,(H,25,26)/t18-/m0/s1. The van der Waals surface area contributed by atoms with E-state index in [1.165, 1.54) is 0 Å². The molecule has 0 spiro atoms. The summed E-state index contributed by atoms with van der Waals surface area (Å²) in [5, 5.41) is 8.97. The highest BCUT2D eigenvalue weighted by Crippen LogP contribution is 2.37. The van der Waals surface area contributed by atoms with E-state index < -0.39 is 5.97 Å². The Kier molecular flexibility index (Phi) is 6.19. The Morgan fingerprint density at radius 3 is 2.43 bits per heavy atom. The smallest absolute Gasteiger partial charge is 0.335 e. The van der Waals surface area contributed by atoms with Crippen LogP contribution < -0.4 is 9.47 Å². The molecule has 0 saturated carbocycles. The van der Waals surface area contributed by atoms with E-state index in [4.69, 9.17) is 14.6 Å². The third-order valence-corrected chi connectivity index (χ3v) is 5.19. The number of aromatic carboxylic acids is 1. The molecule has 1 atom stereocenters. The summed E-state index contributed by atoms with van der Waals surface area (Å²) in [6.45, 7) is 0.746. The maximum absolute atomic E-state index is 12.8. The molecule has 1 amide bonds. The number of amides is 1. The molecule has 0 aromatic heterocycles. The number of aryl methyl sites for hydroxylation is 1. The van der Waals surface area contributed by atoms with Gasteiger partial charge in [0, 0.05) is 13.0 Å². The van der Waals surface area contributed by atoms with Crippen molar-refractivity contribution in [2.24, 2.45) is 0 Å². The lowest BCUT2D eigenvalue weighted by Gasteiger charge is -2.26. The lowest BCUT2D eigenvalue weighted by molar-refractivity contribution is -0.132. The molecule has 2 aromatic rings. The summed E-state index contributed by atoms with van der Waals surface area (Å²) in [4.78, 5) is 25.7. The minimum Gasteiger partial charge on any atom is -0.493 e. The van der Waals surface area contributed by atoms with Crippen molar-refractivity contribution in [1.29, 1.82) is 0 Å². The Balaban J connectivity index is 1.66. The number of hydrogen-bond acceptors (Lipinski definition) is 4. The van der Waals surface area contributed by atoms with Crippen LogP contribution in [0.3, 0.4) is 0 Å². The zero-order chi connectivity index (χ0) is 20.1. The van der Waals surface area contributed by atoms with E-state index in [1.807, 2.05) is 23.1 Å². The fourth-order valence-electron chi connectivity index (χ4n) is 3.68. The number of carboxylic acids is 1. The Hall–Kier alpha value is -3.02. The summed E-state index contributed by atoms with van der Waals surface area (Å²) in [5.74, 6) is 0.502. The molecule has 6 nitrogen and oxygen atoms in total. The molecule has 28 heavy (non-hydrogen) atoms. The molecule has 3 rings (SSSR count). The zero-order valence-corrected chi connectivity index (χ0v) is 16.2. The fraction of sp³-hybridized carbons (Fsp3) is 0.364. The predicted octanol–water partition coefficient (Wildman–Crippen LogP) is 3.70. The molecular formula is C22H25NO5. The van der Waals surface area contributed by atoms with Gasteiger partial charge in [-0.15, -0.1) is 0 Å². The number of rotatable bonds is 7. The summed E-state index contributed by atoms with van der Waals surface area (Å²) >= 11 is 0. The number of ether oxygens (including phenoxy) is 2. The molecule has 1 heterocycles. The molecule has 1 fully saturated rings. The first-order valence-electron chi connectivity index (χ1n) is 9.37. The van der Waals surface area contributed by atoms with Gasteiger partial charge in [0.15, 0.2) is 11.5 Å². The van der Waals surface area contributed by atoms with Crippen LogP contribution in [0, 0.1) is 0 Å². The van der Waals surface area contributed by atoms with E-state index in [0.29, 0.717) is 24.3 Å². The minimum atomic E-state index is -0.947. The summed E-state index contributed by atoms with van der Waals surface area (Å²) in [6.07, 6.45) is 2.89. The second-order valence-electron chi connectivity index (χ2n) is 6.86. The van der Waals surface area contributed by atoms with Crippen LogP contribution in [0.15, 0.2) is 42.5 Å². The molecule has 0 radical (unpaired) electrons. The zero-order valence-electron chi connectivity index (χ0n) is 16.2. The molecule has 148 valence electrons. The molecular weight excluding hydrogens is 358 g/mol. The molecule has 1 N–H and O–H groups in total. The van der Waals surface area contributed by atoms with Gasteiger partial charge >= 0.3 is 5.97 Å². The third kappa shape index (κ3) is 4.27. The SMILES string of the molecule is COc1ccc([C@@H]2CCCN2C(=O)CCc2ccc(C(=O)O)cc2)cc1OC. The highest BCUT2D eigenvalue weighted by molar-refractivity contribution is 5.87. The van der Waals surface area contributed by atoms with Crippen LogP contribution in [-0.2, 0) is 11.2 Å². The van der Waals surface area contributed by atoms with Crippen LogP contribution in [0.25, 0.3) is 0 Å². The number of likely N-dealkylation sites (tertiary alicyclic amines) is 1. The number of nitrogens with zero attached hydrogens (tertiary/aromatic N) is 1. The van der Waals surface area contributed by atoms with Gasteiger partial charge < -0.3 is 19.5 Å². The van der Waals surface area contributed by atoms with E-state index >= 15 is 0 Å². The average molecular weight is 383 g/mol. The summed E-state index contributed by atoms with van der Waals surface area (Å²) in [6, 6.07) is 12.5. The lowest BCUT2D eigenvalue weighted by Crippen LogP contribution is -2.30. The Bertz CT molecular complexity index is 847. The fourth-order valence-corrected chi connectivity index (χ4v) is 3.68. The van der Waals surface area contributed by atoms with Crippen LogP contribution in [0.4, 0.5) is 0 Å². The highest BCUT2D eigenvalue weighted by atomic mass is 16.5. The number of carbonyl (C=O) groups is 2. The van der Waals surface area contributed by atoms with Gasteiger partial charge in [-0.3, -0.25) is 4.79 Å². The van der Waals surface area contributed by atoms with Gasteiger partial charge in [0.1, 0.15) is 0 Å². The van der Waals surface area contributed by atoms with Gasteiger partial charge in [0.2, 0.25) is 5.91 Å². The van der Waals surface area contributed by atoms with Crippen molar-refractivity contribution >= 4 is 11.9 Å². The first-order chi connectivity index (χ1) is 13.5. The van der Waals surface area contributed by atoms with Gasteiger partial charge in [-0.25, -0.2) is 4.79 Å². The third-order valence-electron chi connectivity index (χ3n) is 5.19. The van der Waals surface area contributed by atoms with E-state index in [-0.39, 0.29) is 17.5 Å². The molecule has 0 aliphatic carbocycles. The Labute approximate surface area is 164 Å². The normalized spacial score (nSPS) is 16.1. The van der Waals surface area contributed by atoms with Crippen LogP contribution in [0.2, 0.25) is 0 Å².